The van der Waals surface area contributed by atoms with E-state index in [0.717, 1.165) is 11.4 Å². The van der Waals surface area contributed by atoms with E-state index in [2.05, 4.69) is 180 Å². The van der Waals surface area contributed by atoms with Gasteiger partial charge in [-0.15, -0.1) is 22.7 Å². The predicted octanol–water partition coefficient (Wildman–Crippen LogP) is 13.0. The Bertz CT molecular complexity index is 2800. The lowest BCUT2D eigenvalue weighted by Crippen LogP contribution is -2.53. The fourth-order valence-electron chi connectivity index (χ4n) is 9.39. The third-order valence-corrected chi connectivity index (χ3v) is 14.2. The molecule has 1 nitrogen and oxygen atoms in total. The van der Waals surface area contributed by atoms with E-state index in [-0.39, 0.29) is 17.5 Å². The average Bonchev–Trinajstić information content (AvgIpc) is 3.67. The van der Waals surface area contributed by atoms with E-state index in [9.17, 15) is 0 Å². The molecule has 0 radical (unpaired) electrons. The maximum atomic E-state index is 2.52. The predicted molar refractivity (Wildman–Crippen MR) is 240 cm³/mol. The first-order chi connectivity index (χ1) is 26.0. The quantitative estimate of drug-likeness (QED) is 0.164. The van der Waals surface area contributed by atoms with Gasteiger partial charge in [-0.25, -0.2) is 0 Å². The molecule has 0 unspecified atom stereocenters. The molecule has 4 heteroatoms. The highest BCUT2D eigenvalue weighted by Crippen LogP contribution is 2.48. The van der Waals surface area contributed by atoms with Gasteiger partial charge in [-0.3, -0.25) is 0 Å². The molecule has 260 valence electrons. The fraction of sp³-hybridized carbons (Fsp3) is 0.160. The maximum Gasteiger partial charge on any atom is 0.244 e. The minimum Gasteiger partial charge on any atom is -0.310 e. The fourth-order valence-corrected chi connectivity index (χ4v) is 11.7. The smallest absolute Gasteiger partial charge is 0.244 e. The summed E-state index contributed by atoms with van der Waals surface area (Å²) in [4.78, 5) is 2.49. The molecule has 54 heavy (non-hydrogen) atoms. The second-order valence-corrected chi connectivity index (χ2v) is 19.5. The summed E-state index contributed by atoms with van der Waals surface area (Å²) in [7, 11) is 0. The molecule has 9 aromatic rings. The highest BCUT2D eigenvalue weighted by molar-refractivity contribution is 7.27. The summed E-state index contributed by atoms with van der Waals surface area (Å²) in [5.41, 5.74) is 15.9. The number of rotatable bonds is 3. The molecule has 2 aliphatic heterocycles. The van der Waals surface area contributed by atoms with E-state index in [4.69, 9.17) is 0 Å². The van der Waals surface area contributed by atoms with Crippen molar-refractivity contribution in [2.75, 3.05) is 4.90 Å². The minimum absolute atomic E-state index is 0.0678. The molecule has 11 rings (SSSR count). The Morgan fingerprint density at radius 1 is 0.407 bits per heavy atom. The lowest BCUT2D eigenvalue weighted by Gasteiger charge is -2.30. The summed E-state index contributed by atoms with van der Waals surface area (Å²) in [5.74, 6) is 0. The Kier molecular flexibility index (Phi) is 6.69. The van der Waals surface area contributed by atoms with Crippen LogP contribution in [0.5, 0.6) is 0 Å². The van der Waals surface area contributed by atoms with Crippen LogP contribution in [0.3, 0.4) is 0 Å². The summed E-state index contributed by atoms with van der Waals surface area (Å²) < 4.78 is 5.45. The number of nitrogens with zero attached hydrogens (tertiary/aromatic N) is 1. The molecule has 2 aromatic heterocycles. The zero-order chi connectivity index (χ0) is 36.7. The zero-order valence-corrected chi connectivity index (χ0v) is 33.2. The molecule has 0 bridgehead atoms. The van der Waals surface area contributed by atoms with Crippen LogP contribution < -0.4 is 21.3 Å². The monoisotopic (exact) mass is 729 g/mol. The normalized spacial score (nSPS) is 13.3. The first-order valence-corrected chi connectivity index (χ1v) is 20.8. The summed E-state index contributed by atoms with van der Waals surface area (Å²) >= 11 is 3.86. The largest absolute Gasteiger partial charge is 0.310 e. The molecule has 4 heterocycles. The van der Waals surface area contributed by atoms with Gasteiger partial charge in [0.15, 0.2) is 0 Å². The third-order valence-electron chi connectivity index (χ3n) is 12.0. The molecule has 0 atom stereocenters. The minimum atomic E-state index is 0.0678. The van der Waals surface area contributed by atoms with Crippen LogP contribution in [0.25, 0.3) is 62.6 Å². The van der Waals surface area contributed by atoms with Gasteiger partial charge in [-0.2, -0.15) is 0 Å². The lowest BCUT2D eigenvalue weighted by atomic mass is 9.35. The number of thiophene rings is 2. The van der Waals surface area contributed by atoms with Gasteiger partial charge in [-0.1, -0.05) is 131 Å². The van der Waals surface area contributed by atoms with Crippen LogP contribution in [0.15, 0.2) is 133 Å². The van der Waals surface area contributed by atoms with Crippen molar-refractivity contribution in [3.05, 3.63) is 145 Å². The van der Waals surface area contributed by atoms with Crippen molar-refractivity contribution in [3.8, 4) is 22.3 Å². The summed E-state index contributed by atoms with van der Waals surface area (Å²) in [6, 6.07) is 51.6. The number of hydrogen-bond acceptors (Lipinski definition) is 3. The Labute approximate surface area is 325 Å². The molecule has 0 spiro atoms. The van der Waals surface area contributed by atoms with Crippen molar-refractivity contribution in [2.24, 2.45) is 0 Å². The van der Waals surface area contributed by atoms with E-state index in [0.29, 0.717) is 0 Å². The summed E-state index contributed by atoms with van der Waals surface area (Å²) in [6.07, 6.45) is 0. The topological polar surface area (TPSA) is 3.24 Å². The SMILES string of the molecule is CC(C)(C)c1ccc(N(c2ccc(C(C)(C)C)cc2)c2cc3c4c(c2)-c2cccc5sc6cccc(c6c25)B4c2cccc4sc5cccc-3c5c24)cc1. The van der Waals surface area contributed by atoms with Gasteiger partial charge in [0.05, 0.1) is 0 Å². The number of benzene rings is 7. The third kappa shape index (κ3) is 4.57. The van der Waals surface area contributed by atoms with Gasteiger partial charge in [0.2, 0.25) is 6.71 Å². The molecule has 0 N–H and O–H groups in total. The van der Waals surface area contributed by atoms with Crippen molar-refractivity contribution in [2.45, 2.75) is 52.4 Å². The van der Waals surface area contributed by atoms with Gasteiger partial charge in [0.25, 0.3) is 0 Å². The van der Waals surface area contributed by atoms with Crippen molar-refractivity contribution in [1.82, 2.24) is 0 Å². The number of fused-ring (bicyclic) bond motifs is 4. The van der Waals surface area contributed by atoms with E-state index in [1.807, 2.05) is 22.7 Å². The van der Waals surface area contributed by atoms with Gasteiger partial charge in [0.1, 0.15) is 0 Å². The Morgan fingerprint density at radius 2 is 0.796 bits per heavy atom. The van der Waals surface area contributed by atoms with Gasteiger partial charge in [0, 0.05) is 46.6 Å². The van der Waals surface area contributed by atoms with E-state index in [1.165, 1.54) is 95.8 Å². The van der Waals surface area contributed by atoms with Crippen molar-refractivity contribution >= 4 is 103 Å². The molecule has 7 aromatic carbocycles. The highest BCUT2D eigenvalue weighted by Gasteiger charge is 2.38. The van der Waals surface area contributed by atoms with Crippen LogP contribution in [-0.4, -0.2) is 6.71 Å². The average molecular weight is 730 g/mol. The molecule has 0 fully saturated rings. The van der Waals surface area contributed by atoms with E-state index >= 15 is 0 Å². The second-order valence-electron chi connectivity index (χ2n) is 17.3. The number of hydrogen-bond donors (Lipinski definition) is 0. The van der Waals surface area contributed by atoms with Crippen LogP contribution in [0.2, 0.25) is 0 Å². The Balaban J connectivity index is 1.28. The van der Waals surface area contributed by atoms with Crippen LogP contribution in [0, 0.1) is 0 Å². The van der Waals surface area contributed by atoms with Crippen LogP contribution in [0.1, 0.15) is 52.7 Å². The van der Waals surface area contributed by atoms with Crippen molar-refractivity contribution in [1.29, 1.82) is 0 Å². The first kappa shape index (κ1) is 32.3. The summed E-state index contributed by atoms with van der Waals surface area (Å²) in [5, 5.41) is 5.63. The molecular formula is C50H40BNS2. The lowest BCUT2D eigenvalue weighted by molar-refractivity contribution is 0.590. The maximum absolute atomic E-state index is 2.52. The molecule has 0 saturated carbocycles. The summed E-state index contributed by atoms with van der Waals surface area (Å²) in [6.45, 7) is 13.9. The highest BCUT2D eigenvalue weighted by atomic mass is 32.1. The molecule has 2 aliphatic rings. The van der Waals surface area contributed by atoms with Crippen LogP contribution >= 0.6 is 22.7 Å². The second kappa shape index (κ2) is 11.2. The molecule has 0 saturated heterocycles. The molecular weight excluding hydrogens is 690 g/mol. The molecule has 0 aliphatic carbocycles. The van der Waals surface area contributed by atoms with Crippen LogP contribution in [0.4, 0.5) is 17.1 Å². The standard InChI is InChI=1S/C50H40BNS2/c1-49(2,3)29-19-23-31(24-20-29)52(32-25-21-30(22-26-32)50(4,5)6)33-27-36-34-11-7-15-40-44(34)46-38(13-9-17-42(46)53-40)51-39-14-10-18-43-47(39)45-35(37(28-33)48(36)51)12-8-16-41(45)54-43/h7-28H,1-6H3. The Morgan fingerprint density at radius 3 is 1.20 bits per heavy atom. The van der Waals surface area contributed by atoms with Crippen molar-refractivity contribution in [3.63, 3.8) is 0 Å². The van der Waals surface area contributed by atoms with E-state index < -0.39 is 0 Å². The number of anilines is 3. The van der Waals surface area contributed by atoms with Gasteiger partial charge >= 0.3 is 0 Å². The zero-order valence-electron chi connectivity index (χ0n) is 31.5. The van der Waals surface area contributed by atoms with Crippen molar-refractivity contribution < 1.29 is 0 Å². The van der Waals surface area contributed by atoms with Gasteiger partial charge < -0.3 is 4.90 Å². The van der Waals surface area contributed by atoms with E-state index in [1.54, 1.807) is 0 Å². The Hall–Kier alpha value is -5.16. The van der Waals surface area contributed by atoms with Crippen LogP contribution in [-0.2, 0) is 10.8 Å². The first-order valence-electron chi connectivity index (χ1n) is 19.1. The molecule has 0 amide bonds. The van der Waals surface area contributed by atoms with Gasteiger partial charge in [-0.05, 0) is 116 Å².